The van der Waals surface area contributed by atoms with Crippen LogP contribution in [-0.4, -0.2) is 16.2 Å². The van der Waals surface area contributed by atoms with Crippen LogP contribution in [0.1, 0.15) is 55.3 Å². The lowest BCUT2D eigenvalue weighted by atomic mass is 9.79. The number of aromatic nitrogens is 2. The van der Waals surface area contributed by atoms with Crippen molar-refractivity contribution in [2.45, 2.75) is 58.0 Å². The van der Waals surface area contributed by atoms with Gasteiger partial charge in [0.1, 0.15) is 0 Å². The highest BCUT2D eigenvalue weighted by atomic mass is 16.5. The van der Waals surface area contributed by atoms with Crippen molar-refractivity contribution in [3.05, 3.63) is 71.7 Å². The molecule has 0 saturated heterocycles. The summed E-state index contributed by atoms with van der Waals surface area (Å²) in [6.45, 7) is 4.43. The van der Waals surface area contributed by atoms with Crippen LogP contribution >= 0.6 is 0 Å². The van der Waals surface area contributed by atoms with Gasteiger partial charge in [-0.25, -0.2) is 0 Å². The van der Waals surface area contributed by atoms with Crippen LogP contribution in [0.3, 0.4) is 0 Å². The topological polar surface area (TPSA) is 64.1 Å². The minimum atomic E-state index is 0.470. The Morgan fingerprint density at radius 2 is 1.88 bits per heavy atom. The monoisotopic (exact) mass is 439 g/mol. The molecule has 1 unspecified atom stereocenters. The first-order valence-electron chi connectivity index (χ1n) is 12.0. The molecule has 5 nitrogen and oxygen atoms in total. The normalized spacial score (nSPS) is 22.1. The summed E-state index contributed by atoms with van der Waals surface area (Å²) in [5, 5.41) is 8.19. The van der Waals surface area contributed by atoms with Crippen molar-refractivity contribution >= 4 is 0 Å². The summed E-state index contributed by atoms with van der Waals surface area (Å²) in [4.78, 5) is 4.72. The van der Waals surface area contributed by atoms with E-state index in [1.807, 2.05) is 12.1 Å². The van der Waals surface area contributed by atoms with Crippen LogP contribution in [0, 0.1) is 12.8 Å². The zero-order valence-corrected chi connectivity index (χ0v) is 19.2. The lowest BCUT2D eigenvalue weighted by Gasteiger charge is -2.38. The molecule has 6 rings (SSSR count). The van der Waals surface area contributed by atoms with Gasteiger partial charge in [-0.05, 0) is 91.5 Å². The lowest BCUT2D eigenvalue weighted by molar-refractivity contribution is 0.215. The SMILES string of the molecule is Cc1cc(-c2nc(-c3ccc4c(c3)CCCC4N[C@H]3C[C@H](C)C3)no2)ccc1-c1ccoc1. The molecule has 0 aliphatic heterocycles. The van der Waals surface area contributed by atoms with E-state index in [9.17, 15) is 0 Å². The summed E-state index contributed by atoms with van der Waals surface area (Å²) >= 11 is 0. The third-order valence-corrected chi connectivity index (χ3v) is 7.26. The van der Waals surface area contributed by atoms with E-state index in [-0.39, 0.29) is 0 Å². The molecule has 0 spiro atoms. The molecule has 2 heterocycles. The molecule has 0 bridgehead atoms. The van der Waals surface area contributed by atoms with Crippen LogP contribution in [-0.2, 0) is 6.42 Å². The van der Waals surface area contributed by atoms with E-state index in [1.165, 1.54) is 36.8 Å². The summed E-state index contributed by atoms with van der Waals surface area (Å²) in [5.41, 5.74) is 8.15. The molecule has 0 amide bonds. The fourth-order valence-electron chi connectivity index (χ4n) is 5.45. The van der Waals surface area contributed by atoms with E-state index in [2.05, 4.69) is 54.7 Å². The van der Waals surface area contributed by atoms with Crippen molar-refractivity contribution in [1.29, 1.82) is 0 Å². The van der Waals surface area contributed by atoms with E-state index in [1.54, 1.807) is 12.5 Å². The maximum absolute atomic E-state index is 5.65. The van der Waals surface area contributed by atoms with Crippen molar-refractivity contribution in [2.24, 2.45) is 5.92 Å². The summed E-state index contributed by atoms with van der Waals surface area (Å²) in [7, 11) is 0. The summed E-state index contributed by atoms with van der Waals surface area (Å²) in [6.07, 6.45) is 9.61. The highest BCUT2D eigenvalue weighted by molar-refractivity contribution is 5.71. The number of rotatable bonds is 5. The Labute approximate surface area is 194 Å². The number of hydrogen-bond donors (Lipinski definition) is 1. The molecule has 2 aliphatic rings. The summed E-state index contributed by atoms with van der Waals surface area (Å²) in [5.74, 6) is 2.06. The number of nitrogens with one attached hydrogen (secondary N) is 1. The third-order valence-electron chi connectivity index (χ3n) is 7.26. The second-order valence-electron chi connectivity index (χ2n) is 9.76. The largest absolute Gasteiger partial charge is 0.472 e. The van der Waals surface area contributed by atoms with Gasteiger partial charge in [0.15, 0.2) is 0 Å². The second kappa shape index (κ2) is 8.31. The quantitative estimate of drug-likeness (QED) is 0.373. The third kappa shape index (κ3) is 3.91. The van der Waals surface area contributed by atoms with E-state index >= 15 is 0 Å². The lowest BCUT2D eigenvalue weighted by Crippen LogP contribution is -2.42. The van der Waals surface area contributed by atoms with E-state index in [0.717, 1.165) is 40.2 Å². The van der Waals surface area contributed by atoms with Gasteiger partial charge in [-0.2, -0.15) is 4.98 Å². The Balaban J connectivity index is 1.23. The highest BCUT2D eigenvalue weighted by Crippen LogP contribution is 2.36. The zero-order valence-electron chi connectivity index (χ0n) is 19.2. The van der Waals surface area contributed by atoms with Crippen molar-refractivity contribution in [3.63, 3.8) is 0 Å². The first kappa shape index (κ1) is 20.4. The molecule has 33 heavy (non-hydrogen) atoms. The van der Waals surface area contributed by atoms with Gasteiger partial charge < -0.3 is 14.3 Å². The van der Waals surface area contributed by atoms with Gasteiger partial charge in [0.25, 0.3) is 5.89 Å². The second-order valence-corrected chi connectivity index (χ2v) is 9.76. The van der Waals surface area contributed by atoms with Crippen LogP contribution in [0.25, 0.3) is 34.0 Å². The first-order valence-corrected chi connectivity index (χ1v) is 12.0. The van der Waals surface area contributed by atoms with Crippen LogP contribution in [0.5, 0.6) is 0 Å². The molecule has 1 fully saturated rings. The maximum Gasteiger partial charge on any atom is 0.258 e. The van der Waals surface area contributed by atoms with Gasteiger partial charge in [0, 0.05) is 28.8 Å². The number of aryl methyl sites for hydroxylation is 2. The highest BCUT2D eigenvalue weighted by Gasteiger charge is 2.30. The summed E-state index contributed by atoms with van der Waals surface area (Å²) in [6, 6.07) is 16.0. The molecular formula is C28H29N3O2. The minimum absolute atomic E-state index is 0.470. The number of furan rings is 1. The van der Waals surface area contributed by atoms with Crippen molar-refractivity contribution in [3.8, 4) is 34.0 Å². The van der Waals surface area contributed by atoms with Crippen LogP contribution in [0.2, 0.25) is 0 Å². The van der Waals surface area contributed by atoms with Crippen molar-refractivity contribution in [1.82, 2.24) is 15.5 Å². The predicted molar refractivity (Wildman–Crippen MR) is 129 cm³/mol. The molecule has 2 aliphatic carbocycles. The number of nitrogens with zero attached hydrogens (tertiary/aromatic N) is 2. The van der Waals surface area contributed by atoms with Gasteiger partial charge >= 0.3 is 0 Å². The Kier molecular flexibility index (Phi) is 5.14. The van der Waals surface area contributed by atoms with Gasteiger partial charge in [-0.1, -0.05) is 30.3 Å². The number of hydrogen-bond acceptors (Lipinski definition) is 5. The predicted octanol–water partition coefficient (Wildman–Crippen LogP) is 6.74. The molecule has 168 valence electrons. The molecule has 5 heteroatoms. The molecule has 1 N–H and O–H groups in total. The van der Waals surface area contributed by atoms with Crippen LogP contribution in [0.15, 0.2) is 63.9 Å². The van der Waals surface area contributed by atoms with Gasteiger partial charge in [-0.3, -0.25) is 0 Å². The molecule has 2 aromatic carbocycles. The Hall–Kier alpha value is -3.18. The van der Waals surface area contributed by atoms with E-state index in [4.69, 9.17) is 13.9 Å². The molecule has 4 aromatic rings. The van der Waals surface area contributed by atoms with Crippen molar-refractivity contribution < 1.29 is 8.94 Å². The molecular weight excluding hydrogens is 410 g/mol. The number of fused-ring (bicyclic) bond motifs is 1. The van der Waals surface area contributed by atoms with E-state index < -0.39 is 0 Å². The zero-order chi connectivity index (χ0) is 22.4. The Bertz CT molecular complexity index is 1270. The molecule has 1 atom stereocenters. The molecule has 1 saturated carbocycles. The maximum atomic E-state index is 5.65. The van der Waals surface area contributed by atoms with Gasteiger partial charge in [0.2, 0.25) is 5.82 Å². The van der Waals surface area contributed by atoms with Gasteiger partial charge in [-0.15, -0.1) is 0 Å². The fourth-order valence-corrected chi connectivity index (χ4v) is 5.45. The van der Waals surface area contributed by atoms with Crippen LogP contribution in [0.4, 0.5) is 0 Å². The fraction of sp³-hybridized carbons (Fsp3) is 0.357. The van der Waals surface area contributed by atoms with E-state index in [0.29, 0.717) is 23.8 Å². The molecule has 0 radical (unpaired) electrons. The molecule has 2 aromatic heterocycles. The number of benzene rings is 2. The minimum Gasteiger partial charge on any atom is -0.472 e. The average Bonchev–Trinajstić information content (AvgIpc) is 3.50. The summed E-state index contributed by atoms with van der Waals surface area (Å²) < 4.78 is 10.9. The average molecular weight is 440 g/mol. The van der Waals surface area contributed by atoms with Crippen molar-refractivity contribution in [2.75, 3.05) is 0 Å². The van der Waals surface area contributed by atoms with Gasteiger partial charge in [0.05, 0.1) is 12.5 Å². The smallest absolute Gasteiger partial charge is 0.258 e. The Morgan fingerprint density at radius 3 is 2.67 bits per heavy atom. The first-order chi connectivity index (χ1) is 16.1. The Morgan fingerprint density at radius 1 is 1.00 bits per heavy atom. The van der Waals surface area contributed by atoms with Crippen LogP contribution < -0.4 is 5.32 Å². The standard InChI is InChI=1S/C28H29N3O2/c1-17-12-23(13-17)29-26-5-3-4-19-15-20(6-9-25(19)26)27-30-28(33-31-27)21-7-8-24(18(2)14-21)22-10-11-32-16-22/h6-11,14-17,23,26,29H,3-5,12-13H2,1-2H3/t17-,23-,26?.